The summed E-state index contributed by atoms with van der Waals surface area (Å²) >= 11 is 1.67. The number of hydrogen-bond donors (Lipinski definition) is 1. The maximum Gasteiger partial charge on any atom is 0.317 e. The van der Waals surface area contributed by atoms with Gasteiger partial charge in [0, 0.05) is 18.0 Å². The molecule has 6 nitrogen and oxygen atoms in total. The minimum absolute atomic E-state index is 0.0213. The van der Waals surface area contributed by atoms with Crippen molar-refractivity contribution in [3.05, 3.63) is 33.6 Å². The number of carbonyl (C=O) groups is 1. The van der Waals surface area contributed by atoms with Crippen molar-refractivity contribution >= 4 is 17.4 Å². The first-order valence-electron chi connectivity index (χ1n) is 7.49. The number of nitrogens with one attached hydrogen (secondary N) is 1. The summed E-state index contributed by atoms with van der Waals surface area (Å²) in [6.45, 7) is 5.86. The summed E-state index contributed by atoms with van der Waals surface area (Å²) < 4.78 is 5.25. The molecule has 0 spiro atoms. The normalized spacial score (nSPS) is 18.5. The third kappa shape index (κ3) is 3.47. The Kier molecular flexibility index (Phi) is 4.42. The van der Waals surface area contributed by atoms with Crippen LogP contribution in [-0.4, -0.2) is 34.2 Å². The zero-order chi connectivity index (χ0) is 15.5. The van der Waals surface area contributed by atoms with E-state index in [0.717, 1.165) is 19.4 Å². The summed E-state index contributed by atoms with van der Waals surface area (Å²) in [5, 5.41) is 8.92. The molecule has 1 unspecified atom stereocenters. The number of nitrogens with zero attached hydrogens (tertiary/aromatic N) is 3. The Labute approximate surface area is 133 Å². The fourth-order valence-corrected chi connectivity index (χ4v) is 3.51. The number of hydrogen-bond acceptors (Lipinski definition) is 5. The van der Waals surface area contributed by atoms with E-state index in [1.165, 1.54) is 10.4 Å². The Hall–Kier alpha value is -1.89. The van der Waals surface area contributed by atoms with Gasteiger partial charge in [-0.2, -0.15) is 4.98 Å². The maximum atomic E-state index is 12.3. The molecule has 22 heavy (non-hydrogen) atoms. The molecule has 1 N–H and O–H groups in total. The van der Waals surface area contributed by atoms with E-state index in [2.05, 4.69) is 33.8 Å². The summed E-state index contributed by atoms with van der Waals surface area (Å²) in [5.41, 5.74) is 1.24. The lowest BCUT2D eigenvalue weighted by Gasteiger charge is -2.31. The van der Waals surface area contributed by atoms with E-state index < -0.39 is 0 Å². The molecule has 0 saturated carbocycles. The van der Waals surface area contributed by atoms with E-state index in [4.69, 9.17) is 4.52 Å². The maximum absolute atomic E-state index is 12.3. The molecule has 1 fully saturated rings. The van der Waals surface area contributed by atoms with Crippen LogP contribution in [0.15, 0.2) is 16.0 Å². The standard InChI is InChI=1S/C15H20N4O2S/c1-10-6-13(22-9-10)7-16-15(20)19-5-3-4-12(8-19)14-17-11(2)18-21-14/h6,9,12H,3-5,7-8H2,1-2H3,(H,16,20). The summed E-state index contributed by atoms with van der Waals surface area (Å²) in [5.74, 6) is 1.43. The molecule has 2 aromatic rings. The molecular weight excluding hydrogens is 300 g/mol. The van der Waals surface area contributed by atoms with Crippen molar-refractivity contribution in [2.24, 2.45) is 0 Å². The Bertz CT molecular complexity index is 652. The first-order chi connectivity index (χ1) is 10.6. The Morgan fingerprint density at radius 3 is 3.09 bits per heavy atom. The number of piperidine rings is 1. The van der Waals surface area contributed by atoms with Gasteiger partial charge < -0.3 is 14.7 Å². The van der Waals surface area contributed by atoms with Crippen LogP contribution in [0.1, 0.15) is 40.9 Å². The topological polar surface area (TPSA) is 71.3 Å². The second-order valence-corrected chi connectivity index (χ2v) is 6.71. The van der Waals surface area contributed by atoms with Crippen LogP contribution in [0, 0.1) is 13.8 Å². The number of thiophene rings is 1. The molecule has 0 aromatic carbocycles. The quantitative estimate of drug-likeness (QED) is 0.944. The Morgan fingerprint density at radius 1 is 1.55 bits per heavy atom. The zero-order valence-electron chi connectivity index (χ0n) is 12.8. The van der Waals surface area contributed by atoms with Crippen LogP contribution >= 0.6 is 11.3 Å². The SMILES string of the molecule is Cc1csc(CNC(=O)N2CCCC(c3nc(C)no3)C2)c1. The van der Waals surface area contributed by atoms with Gasteiger partial charge in [-0.25, -0.2) is 4.79 Å². The van der Waals surface area contributed by atoms with Gasteiger partial charge in [-0.3, -0.25) is 0 Å². The monoisotopic (exact) mass is 320 g/mol. The van der Waals surface area contributed by atoms with Crippen molar-refractivity contribution in [2.45, 2.75) is 39.2 Å². The van der Waals surface area contributed by atoms with Crippen molar-refractivity contribution in [1.82, 2.24) is 20.4 Å². The molecule has 1 aliphatic heterocycles. The second kappa shape index (κ2) is 6.48. The summed E-state index contributed by atoms with van der Waals surface area (Å²) in [6, 6.07) is 2.08. The molecule has 0 aliphatic carbocycles. The minimum atomic E-state index is -0.0213. The highest BCUT2D eigenvalue weighted by Gasteiger charge is 2.28. The van der Waals surface area contributed by atoms with Crippen molar-refractivity contribution in [3.8, 4) is 0 Å². The summed E-state index contributed by atoms with van der Waals surface area (Å²) in [7, 11) is 0. The number of rotatable bonds is 3. The van der Waals surface area contributed by atoms with Gasteiger partial charge in [0.2, 0.25) is 5.89 Å². The first kappa shape index (κ1) is 15.0. The molecule has 0 radical (unpaired) electrons. The highest BCUT2D eigenvalue weighted by molar-refractivity contribution is 7.10. The molecule has 2 aromatic heterocycles. The largest absolute Gasteiger partial charge is 0.339 e. The molecule has 2 amide bonds. The predicted molar refractivity (Wildman–Crippen MR) is 83.9 cm³/mol. The van der Waals surface area contributed by atoms with Gasteiger partial charge in [-0.05, 0) is 43.7 Å². The van der Waals surface area contributed by atoms with Crippen LogP contribution in [0.4, 0.5) is 4.79 Å². The average molecular weight is 320 g/mol. The number of likely N-dealkylation sites (tertiary alicyclic amines) is 1. The van der Waals surface area contributed by atoms with Crippen molar-refractivity contribution in [2.75, 3.05) is 13.1 Å². The highest BCUT2D eigenvalue weighted by Crippen LogP contribution is 2.25. The van der Waals surface area contributed by atoms with E-state index in [1.807, 2.05) is 11.8 Å². The van der Waals surface area contributed by atoms with Crippen molar-refractivity contribution in [1.29, 1.82) is 0 Å². The first-order valence-corrected chi connectivity index (χ1v) is 8.37. The summed E-state index contributed by atoms with van der Waals surface area (Å²) in [6.07, 6.45) is 1.94. The lowest BCUT2D eigenvalue weighted by atomic mass is 9.98. The van der Waals surface area contributed by atoms with E-state index in [9.17, 15) is 4.79 Å². The molecule has 0 bridgehead atoms. The van der Waals surface area contributed by atoms with E-state index >= 15 is 0 Å². The smallest absolute Gasteiger partial charge is 0.317 e. The van der Waals surface area contributed by atoms with Crippen LogP contribution in [-0.2, 0) is 6.54 Å². The number of urea groups is 1. The lowest BCUT2D eigenvalue weighted by molar-refractivity contribution is 0.171. The molecule has 1 aliphatic rings. The van der Waals surface area contributed by atoms with E-state index in [1.54, 1.807) is 11.3 Å². The van der Waals surface area contributed by atoms with Gasteiger partial charge in [0.05, 0.1) is 12.5 Å². The van der Waals surface area contributed by atoms with Crippen LogP contribution in [0.25, 0.3) is 0 Å². The van der Waals surface area contributed by atoms with Crippen LogP contribution in [0.5, 0.6) is 0 Å². The predicted octanol–water partition coefficient (Wildman–Crippen LogP) is 2.84. The van der Waals surface area contributed by atoms with Gasteiger partial charge >= 0.3 is 6.03 Å². The minimum Gasteiger partial charge on any atom is -0.339 e. The molecule has 7 heteroatoms. The molecular formula is C15H20N4O2S. The lowest BCUT2D eigenvalue weighted by Crippen LogP contribution is -2.44. The van der Waals surface area contributed by atoms with Gasteiger partial charge in [-0.15, -0.1) is 11.3 Å². The summed E-state index contributed by atoms with van der Waals surface area (Å²) in [4.78, 5) is 19.6. The fourth-order valence-electron chi connectivity index (χ4n) is 2.70. The third-order valence-electron chi connectivity index (χ3n) is 3.80. The Balaban J connectivity index is 1.55. The average Bonchev–Trinajstić information content (AvgIpc) is 3.13. The van der Waals surface area contributed by atoms with Crippen LogP contribution < -0.4 is 5.32 Å². The second-order valence-electron chi connectivity index (χ2n) is 5.71. The van der Waals surface area contributed by atoms with Crippen molar-refractivity contribution in [3.63, 3.8) is 0 Å². The molecule has 3 heterocycles. The zero-order valence-corrected chi connectivity index (χ0v) is 13.7. The third-order valence-corrected chi connectivity index (χ3v) is 4.85. The molecule has 1 atom stereocenters. The van der Waals surface area contributed by atoms with Gasteiger partial charge in [0.1, 0.15) is 0 Å². The van der Waals surface area contributed by atoms with Gasteiger partial charge in [0.25, 0.3) is 0 Å². The van der Waals surface area contributed by atoms with Crippen LogP contribution in [0.3, 0.4) is 0 Å². The number of carbonyl (C=O) groups excluding carboxylic acids is 1. The number of aromatic nitrogens is 2. The number of aryl methyl sites for hydroxylation is 2. The number of amides is 2. The van der Waals surface area contributed by atoms with E-state index in [0.29, 0.717) is 24.8 Å². The van der Waals surface area contributed by atoms with Gasteiger partial charge in [0.15, 0.2) is 5.82 Å². The van der Waals surface area contributed by atoms with E-state index in [-0.39, 0.29) is 11.9 Å². The molecule has 3 rings (SSSR count). The fraction of sp³-hybridized carbons (Fsp3) is 0.533. The van der Waals surface area contributed by atoms with Crippen molar-refractivity contribution < 1.29 is 9.32 Å². The van der Waals surface area contributed by atoms with Crippen LogP contribution in [0.2, 0.25) is 0 Å². The highest BCUT2D eigenvalue weighted by atomic mass is 32.1. The van der Waals surface area contributed by atoms with Gasteiger partial charge in [-0.1, -0.05) is 5.16 Å². The molecule has 1 saturated heterocycles. The Morgan fingerprint density at radius 2 is 2.41 bits per heavy atom. The molecule has 118 valence electrons.